The van der Waals surface area contributed by atoms with E-state index in [2.05, 4.69) is 10.3 Å². The third-order valence-corrected chi connectivity index (χ3v) is 4.33. The predicted octanol–water partition coefficient (Wildman–Crippen LogP) is -1.00. The fourth-order valence-corrected chi connectivity index (χ4v) is 3.06. The maximum atomic E-state index is 12.1. The van der Waals surface area contributed by atoms with E-state index < -0.39 is 6.10 Å². The number of nitrogens with one attached hydrogen (secondary N) is 1. The van der Waals surface area contributed by atoms with Gasteiger partial charge < -0.3 is 31.5 Å². The highest BCUT2D eigenvalue weighted by Crippen LogP contribution is 2.30. The van der Waals surface area contributed by atoms with Gasteiger partial charge in [-0.2, -0.15) is 0 Å². The first-order chi connectivity index (χ1) is 10.0. The molecule has 2 atom stereocenters. The molecule has 1 amide bonds. The number of nitrogen functional groups attached to an aromatic ring is 1. The Morgan fingerprint density at radius 2 is 2.48 bits per heavy atom. The molecule has 0 aromatic carbocycles. The third-order valence-electron chi connectivity index (χ3n) is 3.20. The van der Waals surface area contributed by atoms with Gasteiger partial charge in [0.2, 0.25) is 0 Å². The summed E-state index contributed by atoms with van der Waals surface area (Å²) in [7, 11) is 1.49. The number of carbonyl (C=O) groups excluding carboxylic acids is 1. The Labute approximate surface area is 127 Å². The largest absolute Gasteiger partial charge is 0.389 e. The lowest BCUT2D eigenvalue weighted by Gasteiger charge is -2.13. The lowest BCUT2D eigenvalue weighted by atomic mass is 10.3. The fraction of sp³-hybridized carbons (Fsp3) is 0.667. The van der Waals surface area contributed by atoms with E-state index in [1.54, 1.807) is 0 Å². The number of anilines is 2. The molecule has 1 fully saturated rings. The molecule has 0 aliphatic carbocycles. The van der Waals surface area contributed by atoms with E-state index in [1.165, 1.54) is 18.4 Å². The van der Waals surface area contributed by atoms with Crippen LogP contribution in [-0.4, -0.2) is 61.5 Å². The number of rotatable bonds is 6. The van der Waals surface area contributed by atoms with Gasteiger partial charge in [-0.3, -0.25) is 4.79 Å². The number of aromatic nitrogens is 1. The van der Waals surface area contributed by atoms with Crippen LogP contribution in [0, 0.1) is 0 Å². The van der Waals surface area contributed by atoms with Gasteiger partial charge >= 0.3 is 0 Å². The summed E-state index contributed by atoms with van der Waals surface area (Å²) in [6, 6.07) is 0.136. The second-order valence-electron chi connectivity index (χ2n) is 5.02. The number of methoxy groups -OCH3 is 1. The topological polar surface area (TPSA) is 127 Å². The Morgan fingerprint density at radius 1 is 1.71 bits per heavy atom. The normalized spacial score (nSPS) is 19.8. The molecular formula is C12H21N5O3S. The van der Waals surface area contributed by atoms with Gasteiger partial charge in [-0.15, -0.1) is 0 Å². The standard InChI is InChI=1S/C12H21N5O3S/c1-20-6-8(18)4-15-11(19)9-10(14)16-12(21-9)17-3-2-7(13)5-17/h7-8,18H,2-6,13-14H2,1H3,(H,15,19). The van der Waals surface area contributed by atoms with E-state index in [9.17, 15) is 9.90 Å². The molecule has 0 spiro atoms. The average molecular weight is 315 g/mol. The zero-order chi connectivity index (χ0) is 15.4. The second kappa shape index (κ2) is 7.03. The molecule has 1 aromatic heterocycles. The monoisotopic (exact) mass is 315 g/mol. The van der Waals surface area contributed by atoms with Gasteiger partial charge in [0, 0.05) is 32.8 Å². The summed E-state index contributed by atoms with van der Waals surface area (Å²) in [5.74, 6) is -0.135. The van der Waals surface area contributed by atoms with Crippen molar-refractivity contribution in [3.8, 4) is 0 Å². The Morgan fingerprint density at radius 3 is 3.10 bits per heavy atom. The molecule has 2 unspecified atom stereocenters. The quantitative estimate of drug-likeness (QED) is 0.530. The molecule has 0 saturated carbocycles. The summed E-state index contributed by atoms with van der Waals surface area (Å²) in [6.45, 7) is 1.81. The van der Waals surface area contributed by atoms with Crippen molar-refractivity contribution in [1.29, 1.82) is 0 Å². The molecule has 2 rings (SSSR count). The maximum Gasteiger partial charge on any atom is 0.265 e. The summed E-state index contributed by atoms with van der Waals surface area (Å²) in [4.78, 5) is 18.7. The van der Waals surface area contributed by atoms with Crippen molar-refractivity contribution in [2.75, 3.05) is 44.0 Å². The highest BCUT2D eigenvalue weighted by Gasteiger charge is 2.25. The molecule has 6 N–H and O–H groups in total. The molecule has 9 heteroatoms. The number of amides is 1. The van der Waals surface area contributed by atoms with Crippen molar-refractivity contribution in [3.05, 3.63) is 4.88 Å². The minimum Gasteiger partial charge on any atom is -0.389 e. The van der Waals surface area contributed by atoms with Gasteiger partial charge in [-0.1, -0.05) is 11.3 Å². The van der Waals surface area contributed by atoms with Crippen molar-refractivity contribution >= 4 is 28.2 Å². The number of hydrogen-bond donors (Lipinski definition) is 4. The predicted molar refractivity (Wildman–Crippen MR) is 81.5 cm³/mol. The minimum absolute atomic E-state index is 0.105. The van der Waals surface area contributed by atoms with Crippen LogP contribution in [0.15, 0.2) is 0 Å². The van der Waals surface area contributed by atoms with E-state index in [-0.39, 0.29) is 30.9 Å². The summed E-state index contributed by atoms with van der Waals surface area (Å²) >= 11 is 1.24. The molecule has 0 radical (unpaired) electrons. The van der Waals surface area contributed by atoms with Crippen molar-refractivity contribution in [3.63, 3.8) is 0 Å². The van der Waals surface area contributed by atoms with E-state index in [4.69, 9.17) is 16.2 Å². The molecule has 1 aliphatic rings. The van der Waals surface area contributed by atoms with Crippen molar-refractivity contribution in [2.24, 2.45) is 5.73 Å². The third kappa shape index (κ3) is 4.03. The van der Waals surface area contributed by atoms with Crippen LogP contribution >= 0.6 is 11.3 Å². The average Bonchev–Trinajstić information content (AvgIpc) is 3.02. The second-order valence-corrected chi connectivity index (χ2v) is 6.00. The van der Waals surface area contributed by atoms with E-state index >= 15 is 0 Å². The summed E-state index contributed by atoms with van der Waals surface area (Å²) in [6.07, 6.45) is 0.161. The summed E-state index contributed by atoms with van der Waals surface area (Å²) in [5.41, 5.74) is 11.7. The first-order valence-corrected chi connectivity index (χ1v) is 7.55. The summed E-state index contributed by atoms with van der Waals surface area (Å²) < 4.78 is 4.79. The first-order valence-electron chi connectivity index (χ1n) is 6.73. The number of nitrogens with two attached hydrogens (primary N) is 2. The number of ether oxygens (including phenoxy) is 1. The van der Waals surface area contributed by atoms with Crippen LogP contribution in [0.4, 0.5) is 10.9 Å². The number of aliphatic hydroxyl groups is 1. The van der Waals surface area contributed by atoms with E-state index in [0.717, 1.165) is 19.5 Å². The van der Waals surface area contributed by atoms with Gasteiger partial charge in [0.1, 0.15) is 10.7 Å². The van der Waals surface area contributed by atoms with Gasteiger partial charge in [0.05, 0.1) is 12.7 Å². The van der Waals surface area contributed by atoms with Crippen LogP contribution in [-0.2, 0) is 4.74 Å². The molecule has 1 saturated heterocycles. The van der Waals surface area contributed by atoms with Gasteiger partial charge in [-0.25, -0.2) is 4.98 Å². The molecule has 8 nitrogen and oxygen atoms in total. The maximum absolute atomic E-state index is 12.1. The Hall–Kier alpha value is -1.42. The minimum atomic E-state index is -0.746. The zero-order valence-electron chi connectivity index (χ0n) is 11.9. The Bertz CT molecular complexity index is 495. The molecule has 1 aliphatic heterocycles. The Kier molecular flexibility index (Phi) is 5.34. The molecular weight excluding hydrogens is 294 g/mol. The van der Waals surface area contributed by atoms with Gasteiger partial charge in [0.15, 0.2) is 5.13 Å². The lowest BCUT2D eigenvalue weighted by Crippen LogP contribution is -2.34. The zero-order valence-corrected chi connectivity index (χ0v) is 12.7. The smallest absolute Gasteiger partial charge is 0.265 e. The number of aliphatic hydroxyl groups excluding tert-OH is 1. The van der Waals surface area contributed by atoms with Crippen LogP contribution in [0.25, 0.3) is 0 Å². The van der Waals surface area contributed by atoms with Crippen LogP contribution in [0.1, 0.15) is 16.1 Å². The number of hydrogen-bond acceptors (Lipinski definition) is 8. The van der Waals surface area contributed by atoms with E-state index in [1.807, 2.05) is 4.90 Å². The fourth-order valence-electron chi connectivity index (χ4n) is 2.12. The van der Waals surface area contributed by atoms with Crippen LogP contribution in [0.2, 0.25) is 0 Å². The number of carbonyl (C=O) groups is 1. The highest BCUT2D eigenvalue weighted by molar-refractivity contribution is 7.18. The highest BCUT2D eigenvalue weighted by atomic mass is 32.1. The van der Waals surface area contributed by atoms with Crippen molar-refractivity contribution in [1.82, 2.24) is 10.3 Å². The first kappa shape index (κ1) is 16.0. The van der Waals surface area contributed by atoms with Crippen molar-refractivity contribution in [2.45, 2.75) is 18.6 Å². The molecule has 118 valence electrons. The number of nitrogens with zero attached hydrogens (tertiary/aromatic N) is 2. The number of thiazole rings is 1. The molecule has 21 heavy (non-hydrogen) atoms. The lowest BCUT2D eigenvalue weighted by molar-refractivity contribution is 0.0611. The SMILES string of the molecule is COCC(O)CNC(=O)c1sc(N2CCC(N)C2)nc1N. The molecule has 0 bridgehead atoms. The van der Waals surface area contributed by atoms with Crippen LogP contribution in [0.3, 0.4) is 0 Å². The van der Waals surface area contributed by atoms with E-state index in [0.29, 0.717) is 10.0 Å². The van der Waals surface area contributed by atoms with Crippen molar-refractivity contribution < 1.29 is 14.6 Å². The molecule has 1 aromatic rings. The van der Waals surface area contributed by atoms with Gasteiger partial charge in [0.25, 0.3) is 5.91 Å². The Balaban J connectivity index is 1.96. The van der Waals surface area contributed by atoms with Crippen LogP contribution < -0.4 is 21.7 Å². The van der Waals surface area contributed by atoms with Crippen LogP contribution in [0.5, 0.6) is 0 Å². The van der Waals surface area contributed by atoms with Gasteiger partial charge in [-0.05, 0) is 6.42 Å². The molecule has 2 heterocycles. The summed E-state index contributed by atoms with van der Waals surface area (Å²) in [5, 5.41) is 12.8.